The molecule has 0 bridgehead atoms. The molecule has 0 aromatic heterocycles. The summed E-state index contributed by atoms with van der Waals surface area (Å²) in [5.41, 5.74) is 0. The van der Waals surface area contributed by atoms with Crippen LogP contribution >= 0.6 is 0 Å². The van der Waals surface area contributed by atoms with Gasteiger partial charge in [-0.3, -0.25) is 9.59 Å². The van der Waals surface area contributed by atoms with Crippen molar-refractivity contribution >= 4 is 11.6 Å². The number of aliphatic hydroxyl groups excluding tert-OH is 2. The van der Waals surface area contributed by atoms with Crippen LogP contribution in [-0.4, -0.2) is 48.2 Å². The van der Waals surface area contributed by atoms with Crippen LogP contribution in [0.15, 0.2) is 0 Å². The first-order valence-electron chi connectivity index (χ1n) is 2.96. The third-order valence-electron chi connectivity index (χ3n) is 1.05. The van der Waals surface area contributed by atoms with Gasteiger partial charge in [-0.25, -0.2) is 0 Å². The molecule has 0 aliphatic carbocycles. The van der Waals surface area contributed by atoms with E-state index in [9.17, 15) is 9.59 Å². The highest BCUT2D eigenvalue weighted by atomic mass is 16.5. The molecule has 0 radical (unpaired) electrons. The zero-order valence-electron chi connectivity index (χ0n) is 6.11. The molecule has 0 fully saturated rings. The molecule has 2 N–H and O–H groups in total. The van der Waals surface area contributed by atoms with Gasteiger partial charge in [-0.1, -0.05) is 0 Å². The van der Waals surface area contributed by atoms with E-state index < -0.39 is 24.3 Å². The van der Waals surface area contributed by atoms with E-state index in [4.69, 9.17) is 10.2 Å². The summed E-state index contributed by atoms with van der Waals surface area (Å²) in [6.07, 6.45) is -1.75. The van der Waals surface area contributed by atoms with E-state index >= 15 is 0 Å². The molecule has 0 saturated carbocycles. The molecule has 0 spiro atoms. The lowest BCUT2D eigenvalue weighted by molar-refractivity contribution is -0.142. The Morgan fingerprint density at radius 2 is 2.00 bits per heavy atom. The van der Waals surface area contributed by atoms with Crippen molar-refractivity contribution in [2.45, 2.75) is 6.10 Å². The maximum Gasteiger partial charge on any atom is 0.194 e. The molecule has 0 amide bonds. The molecule has 5 heteroatoms. The average molecular weight is 162 g/mol. The molecule has 0 aromatic carbocycles. The molecule has 0 aliphatic heterocycles. The quantitative estimate of drug-likeness (QED) is 0.462. The summed E-state index contributed by atoms with van der Waals surface area (Å²) >= 11 is 0. The van der Waals surface area contributed by atoms with Crippen molar-refractivity contribution in [2.24, 2.45) is 0 Å². The van der Waals surface area contributed by atoms with E-state index in [2.05, 4.69) is 4.74 Å². The Morgan fingerprint density at radius 3 is 2.36 bits per heavy atom. The Bertz CT molecular complexity index is 153. The highest BCUT2D eigenvalue weighted by molar-refractivity contribution is 6.05. The van der Waals surface area contributed by atoms with Crippen molar-refractivity contribution in [3.63, 3.8) is 0 Å². The number of hydrogen-bond acceptors (Lipinski definition) is 5. The predicted octanol–water partition coefficient (Wildman–Crippen LogP) is -1.88. The van der Waals surface area contributed by atoms with Crippen molar-refractivity contribution < 1.29 is 24.5 Å². The lowest BCUT2D eigenvalue weighted by atomic mass is 10.1. The standard InChI is InChI=1S/C6H10O5/c1-11-3-5(9)6(10)4(8)2-7/h6-7,10H,2-3H2,1H3. The number of Topliss-reactive ketones (excluding diaryl/α,β-unsaturated/α-hetero) is 2. The molecule has 1 unspecified atom stereocenters. The van der Waals surface area contributed by atoms with Gasteiger partial charge in [0.1, 0.15) is 13.2 Å². The Morgan fingerprint density at radius 1 is 1.45 bits per heavy atom. The first-order chi connectivity index (χ1) is 5.13. The van der Waals surface area contributed by atoms with Gasteiger partial charge in [-0.05, 0) is 0 Å². The van der Waals surface area contributed by atoms with Crippen molar-refractivity contribution in [2.75, 3.05) is 20.3 Å². The molecular formula is C6H10O5. The Balaban J connectivity index is 3.91. The average Bonchev–Trinajstić information content (AvgIpc) is 2.02. The Labute approximate surface area is 63.6 Å². The molecule has 0 aliphatic rings. The monoisotopic (exact) mass is 162 g/mol. The number of ketones is 2. The van der Waals surface area contributed by atoms with E-state index in [0.717, 1.165) is 0 Å². The van der Waals surface area contributed by atoms with Crippen LogP contribution in [0.3, 0.4) is 0 Å². The first-order valence-corrected chi connectivity index (χ1v) is 2.96. The van der Waals surface area contributed by atoms with Gasteiger partial charge in [0.05, 0.1) is 0 Å². The highest BCUT2D eigenvalue weighted by Gasteiger charge is 2.21. The lowest BCUT2D eigenvalue weighted by Crippen LogP contribution is -2.34. The van der Waals surface area contributed by atoms with Crippen LogP contribution in [-0.2, 0) is 14.3 Å². The van der Waals surface area contributed by atoms with Crippen molar-refractivity contribution in [3.05, 3.63) is 0 Å². The molecule has 0 rings (SSSR count). The highest BCUT2D eigenvalue weighted by Crippen LogP contribution is 1.88. The molecular weight excluding hydrogens is 152 g/mol. The number of methoxy groups -OCH3 is 1. The maximum atomic E-state index is 10.6. The summed E-state index contributed by atoms with van der Waals surface area (Å²) in [7, 11) is 1.27. The van der Waals surface area contributed by atoms with Crippen molar-refractivity contribution in [1.82, 2.24) is 0 Å². The summed E-state index contributed by atoms with van der Waals surface area (Å²) in [4.78, 5) is 21.1. The number of rotatable bonds is 5. The van der Waals surface area contributed by atoms with E-state index in [-0.39, 0.29) is 6.61 Å². The normalized spacial score (nSPS) is 12.6. The van der Waals surface area contributed by atoms with Crippen LogP contribution in [0.1, 0.15) is 0 Å². The van der Waals surface area contributed by atoms with Crippen LogP contribution in [0.5, 0.6) is 0 Å². The number of carbonyl (C=O) groups is 2. The molecule has 0 heterocycles. The van der Waals surface area contributed by atoms with E-state index in [1.54, 1.807) is 0 Å². The van der Waals surface area contributed by atoms with Crippen molar-refractivity contribution in [1.29, 1.82) is 0 Å². The van der Waals surface area contributed by atoms with Crippen molar-refractivity contribution in [3.8, 4) is 0 Å². The smallest absolute Gasteiger partial charge is 0.194 e. The van der Waals surface area contributed by atoms with Gasteiger partial charge >= 0.3 is 0 Å². The van der Waals surface area contributed by atoms with Gasteiger partial charge in [0, 0.05) is 7.11 Å². The summed E-state index contributed by atoms with van der Waals surface area (Å²) in [6, 6.07) is 0. The number of hydrogen-bond donors (Lipinski definition) is 2. The van der Waals surface area contributed by atoms with Gasteiger partial charge in [0.15, 0.2) is 17.7 Å². The SMILES string of the molecule is COCC(=O)C(O)C(=O)CO. The second kappa shape index (κ2) is 4.95. The second-order valence-electron chi connectivity index (χ2n) is 1.93. The second-order valence-corrected chi connectivity index (χ2v) is 1.93. The van der Waals surface area contributed by atoms with Gasteiger partial charge in [-0.15, -0.1) is 0 Å². The third-order valence-corrected chi connectivity index (χ3v) is 1.05. The van der Waals surface area contributed by atoms with Crippen LogP contribution in [0.2, 0.25) is 0 Å². The van der Waals surface area contributed by atoms with Crippen LogP contribution < -0.4 is 0 Å². The summed E-state index contributed by atoms with van der Waals surface area (Å²) < 4.78 is 4.38. The van der Waals surface area contributed by atoms with Gasteiger partial charge in [-0.2, -0.15) is 0 Å². The summed E-state index contributed by atoms with van der Waals surface area (Å²) in [5, 5.41) is 17.0. The van der Waals surface area contributed by atoms with E-state index in [1.807, 2.05) is 0 Å². The fourth-order valence-corrected chi connectivity index (χ4v) is 0.487. The molecule has 11 heavy (non-hydrogen) atoms. The lowest BCUT2D eigenvalue weighted by Gasteiger charge is -2.04. The van der Waals surface area contributed by atoms with E-state index in [1.165, 1.54) is 7.11 Å². The molecule has 0 saturated heterocycles. The first kappa shape index (κ1) is 10.2. The fourth-order valence-electron chi connectivity index (χ4n) is 0.487. The van der Waals surface area contributed by atoms with Crippen LogP contribution in [0.4, 0.5) is 0 Å². The van der Waals surface area contributed by atoms with Crippen LogP contribution in [0.25, 0.3) is 0 Å². The minimum atomic E-state index is -1.75. The maximum absolute atomic E-state index is 10.6. The number of ether oxygens (including phenoxy) is 1. The number of carbonyl (C=O) groups excluding carboxylic acids is 2. The Kier molecular flexibility index (Phi) is 4.60. The zero-order valence-corrected chi connectivity index (χ0v) is 6.11. The Hall–Kier alpha value is -0.780. The summed E-state index contributed by atoms with van der Waals surface area (Å²) in [6.45, 7) is -1.16. The molecule has 5 nitrogen and oxygen atoms in total. The van der Waals surface area contributed by atoms with Crippen LogP contribution in [0, 0.1) is 0 Å². The van der Waals surface area contributed by atoms with Gasteiger partial charge in [0.2, 0.25) is 0 Å². The minimum Gasteiger partial charge on any atom is -0.388 e. The van der Waals surface area contributed by atoms with E-state index in [0.29, 0.717) is 0 Å². The zero-order chi connectivity index (χ0) is 8.85. The summed E-state index contributed by atoms with van der Waals surface area (Å²) in [5.74, 6) is -1.65. The largest absolute Gasteiger partial charge is 0.388 e. The molecule has 0 aromatic rings. The fraction of sp³-hybridized carbons (Fsp3) is 0.667. The van der Waals surface area contributed by atoms with Gasteiger partial charge in [0.25, 0.3) is 0 Å². The number of aliphatic hydroxyl groups is 2. The molecule has 64 valence electrons. The predicted molar refractivity (Wildman–Crippen MR) is 35.0 cm³/mol. The third kappa shape index (κ3) is 3.22. The topological polar surface area (TPSA) is 83.8 Å². The molecule has 1 atom stereocenters. The minimum absolute atomic E-state index is 0.326. The van der Waals surface area contributed by atoms with Gasteiger partial charge < -0.3 is 14.9 Å².